The molecule has 9 heteroatoms. The summed E-state index contributed by atoms with van der Waals surface area (Å²) in [6, 6.07) is 8.36. The number of rotatable bonds is 7. The highest BCUT2D eigenvalue weighted by Gasteiger charge is 2.24. The number of likely N-dealkylation sites (N-methyl/N-ethyl adjacent to an activating group) is 1. The lowest BCUT2D eigenvalue weighted by atomic mass is 9.93. The minimum atomic E-state index is -0.613. The zero-order valence-electron chi connectivity index (χ0n) is 20.4. The third-order valence-electron chi connectivity index (χ3n) is 6.74. The second kappa shape index (κ2) is 10.6. The first-order chi connectivity index (χ1) is 16.3. The van der Waals surface area contributed by atoms with Gasteiger partial charge in [0, 0.05) is 43.6 Å². The van der Waals surface area contributed by atoms with Crippen molar-refractivity contribution in [1.29, 1.82) is 0 Å². The highest BCUT2D eigenvalue weighted by molar-refractivity contribution is 5.96. The molecule has 34 heavy (non-hydrogen) atoms. The van der Waals surface area contributed by atoms with Crippen LogP contribution in [0.4, 0.5) is 23.0 Å². The average Bonchev–Trinajstić information content (AvgIpc) is 2.81. The molecule has 1 saturated heterocycles. The van der Waals surface area contributed by atoms with Gasteiger partial charge in [-0.1, -0.05) is 13.8 Å². The SMILES string of the molecule is CC(C)c1nc(C(N)=O)c(Nc2ccc(N3CCN(C)CC3)cc2)nc1N[C@H]1CC[C@H](O)CC1. The predicted molar refractivity (Wildman–Crippen MR) is 136 cm³/mol. The van der Waals surface area contributed by atoms with E-state index in [9.17, 15) is 9.90 Å². The third-order valence-corrected chi connectivity index (χ3v) is 6.74. The van der Waals surface area contributed by atoms with Crippen LogP contribution in [0.2, 0.25) is 0 Å². The van der Waals surface area contributed by atoms with Gasteiger partial charge in [0.25, 0.3) is 5.91 Å². The first-order valence-electron chi connectivity index (χ1n) is 12.3. The number of hydrogen-bond acceptors (Lipinski definition) is 8. The quantitative estimate of drug-likeness (QED) is 0.491. The maximum atomic E-state index is 12.2. The van der Waals surface area contributed by atoms with Gasteiger partial charge in [0.15, 0.2) is 17.3 Å². The Balaban J connectivity index is 1.56. The summed E-state index contributed by atoms with van der Waals surface area (Å²) in [6.07, 6.45) is 3.05. The van der Waals surface area contributed by atoms with E-state index in [0.717, 1.165) is 63.2 Å². The van der Waals surface area contributed by atoms with Gasteiger partial charge in [-0.2, -0.15) is 0 Å². The average molecular weight is 468 g/mol. The minimum Gasteiger partial charge on any atom is -0.393 e. The van der Waals surface area contributed by atoms with Gasteiger partial charge in [0.05, 0.1) is 11.8 Å². The van der Waals surface area contributed by atoms with Crippen LogP contribution >= 0.6 is 0 Å². The van der Waals surface area contributed by atoms with Gasteiger partial charge in [-0.05, 0) is 62.9 Å². The number of aromatic nitrogens is 2. The van der Waals surface area contributed by atoms with Crippen LogP contribution in [0, 0.1) is 0 Å². The standard InChI is InChI=1S/C25H37N7O2/c1-16(2)21-24(27-18-6-10-20(33)11-7-18)30-25(22(29-21)23(26)34)28-17-4-8-19(9-5-17)32-14-12-31(3)13-15-32/h4-5,8-9,16,18,20,33H,6-7,10-15H2,1-3H3,(H2,26,34)(H2,27,28,30)/t18-,20-. The number of aliphatic hydroxyl groups is 1. The number of benzene rings is 1. The fraction of sp³-hybridized carbons (Fsp3) is 0.560. The Labute approximate surface area is 201 Å². The van der Waals surface area contributed by atoms with E-state index < -0.39 is 5.91 Å². The molecule has 0 radical (unpaired) electrons. The molecule has 2 aliphatic rings. The monoisotopic (exact) mass is 467 g/mol. The molecule has 1 aromatic heterocycles. The van der Waals surface area contributed by atoms with Crippen molar-refractivity contribution in [3.63, 3.8) is 0 Å². The molecule has 0 atom stereocenters. The second-order valence-electron chi connectivity index (χ2n) is 9.79. The Hall–Kier alpha value is -2.91. The molecule has 5 N–H and O–H groups in total. The highest BCUT2D eigenvalue weighted by atomic mass is 16.3. The van der Waals surface area contributed by atoms with E-state index in [1.165, 1.54) is 5.69 Å². The summed E-state index contributed by atoms with van der Waals surface area (Å²) in [4.78, 5) is 26.3. The van der Waals surface area contributed by atoms with E-state index in [2.05, 4.69) is 44.6 Å². The zero-order valence-corrected chi connectivity index (χ0v) is 20.4. The summed E-state index contributed by atoms with van der Waals surface area (Å²) in [6.45, 7) is 8.16. The number of nitrogens with one attached hydrogen (secondary N) is 2. The number of nitrogens with zero attached hydrogens (tertiary/aromatic N) is 4. The van der Waals surface area contributed by atoms with E-state index >= 15 is 0 Å². The number of piperazine rings is 1. The van der Waals surface area contributed by atoms with E-state index in [0.29, 0.717) is 11.6 Å². The zero-order chi connectivity index (χ0) is 24.2. The number of amides is 1. The maximum absolute atomic E-state index is 12.2. The molecule has 2 fully saturated rings. The summed E-state index contributed by atoms with van der Waals surface area (Å²) in [5, 5.41) is 16.6. The summed E-state index contributed by atoms with van der Waals surface area (Å²) >= 11 is 0. The van der Waals surface area contributed by atoms with Crippen molar-refractivity contribution in [2.45, 2.75) is 57.6 Å². The van der Waals surface area contributed by atoms with Gasteiger partial charge in [0.1, 0.15) is 0 Å². The molecule has 1 saturated carbocycles. The summed E-state index contributed by atoms with van der Waals surface area (Å²) in [7, 11) is 2.15. The van der Waals surface area contributed by atoms with Crippen molar-refractivity contribution < 1.29 is 9.90 Å². The molecular formula is C25H37N7O2. The van der Waals surface area contributed by atoms with E-state index in [-0.39, 0.29) is 23.8 Å². The van der Waals surface area contributed by atoms with Crippen molar-refractivity contribution in [3.05, 3.63) is 35.7 Å². The Bertz CT molecular complexity index is 980. The maximum Gasteiger partial charge on any atom is 0.271 e. The van der Waals surface area contributed by atoms with Crippen molar-refractivity contribution in [2.24, 2.45) is 5.73 Å². The van der Waals surface area contributed by atoms with E-state index in [1.54, 1.807) is 0 Å². The van der Waals surface area contributed by atoms with Crippen molar-refractivity contribution in [2.75, 3.05) is 48.8 Å². The molecule has 1 amide bonds. The van der Waals surface area contributed by atoms with Crippen LogP contribution in [0.3, 0.4) is 0 Å². The van der Waals surface area contributed by atoms with Gasteiger partial charge in [-0.25, -0.2) is 9.97 Å². The van der Waals surface area contributed by atoms with Crippen molar-refractivity contribution in [1.82, 2.24) is 14.9 Å². The summed E-state index contributed by atoms with van der Waals surface area (Å²) in [5.74, 6) is 0.470. The van der Waals surface area contributed by atoms with Crippen LogP contribution in [0.5, 0.6) is 0 Å². The molecule has 1 aliphatic carbocycles. The molecule has 0 unspecified atom stereocenters. The molecule has 2 aromatic rings. The van der Waals surface area contributed by atoms with Gasteiger partial charge in [-0.3, -0.25) is 4.79 Å². The second-order valence-corrected chi connectivity index (χ2v) is 9.79. The lowest BCUT2D eigenvalue weighted by Gasteiger charge is -2.34. The largest absolute Gasteiger partial charge is 0.393 e. The van der Waals surface area contributed by atoms with Crippen molar-refractivity contribution in [3.8, 4) is 0 Å². The summed E-state index contributed by atoms with van der Waals surface area (Å²) < 4.78 is 0. The van der Waals surface area contributed by atoms with Crippen LogP contribution in [-0.2, 0) is 0 Å². The lowest BCUT2D eigenvalue weighted by Crippen LogP contribution is -2.44. The first-order valence-corrected chi connectivity index (χ1v) is 12.3. The van der Waals surface area contributed by atoms with Crippen LogP contribution in [0.15, 0.2) is 24.3 Å². The van der Waals surface area contributed by atoms with Crippen LogP contribution in [0.1, 0.15) is 61.6 Å². The molecule has 184 valence electrons. The van der Waals surface area contributed by atoms with Gasteiger partial charge in [-0.15, -0.1) is 0 Å². The molecule has 2 heterocycles. The number of carbonyl (C=O) groups excluding carboxylic acids is 1. The number of anilines is 4. The van der Waals surface area contributed by atoms with E-state index in [4.69, 9.17) is 10.7 Å². The first kappa shape index (κ1) is 24.2. The minimum absolute atomic E-state index is 0.0687. The van der Waals surface area contributed by atoms with Crippen LogP contribution < -0.4 is 21.3 Å². The van der Waals surface area contributed by atoms with Gasteiger partial charge < -0.3 is 31.3 Å². The van der Waals surface area contributed by atoms with Crippen molar-refractivity contribution >= 4 is 28.9 Å². The molecule has 1 aliphatic heterocycles. The Morgan fingerprint density at radius 2 is 1.68 bits per heavy atom. The molecular weight excluding hydrogens is 430 g/mol. The number of hydrogen-bond donors (Lipinski definition) is 4. The fourth-order valence-electron chi connectivity index (χ4n) is 4.59. The normalized spacial score (nSPS) is 21.5. The Kier molecular flexibility index (Phi) is 7.53. The molecule has 9 nitrogen and oxygen atoms in total. The predicted octanol–water partition coefficient (Wildman–Crippen LogP) is 2.91. The molecule has 0 bridgehead atoms. The van der Waals surface area contributed by atoms with Crippen LogP contribution in [-0.4, -0.2) is 71.3 Å². The third kappa shape index (κ3) is 5.77. The topological polar surface area (TPSA) is 120 Å². The van der Waals surface area contributed by atoms with Gasteiger partial charge >= 0.3 is 0 Å². The number of primary amides is 1. The van der Waals surface area contributed by atoms with E-state index in [1.807, 2.05) is 26.0 Å². The number of carbonyl (C=O) groups is 1. The molecule has 4 rings (SSSR count). The number of aliphatic hydroxyl groups excluding tert-OH is 1. The smallest absolute Gasteiger partial charge is 0.271 e. The molecule has 0 spiro atoms. The van der Waals surface area contributed by atoms with Gasteiger partial charge in [0.2, 0.25) is 0 Å². The Morgan fingerprint density at radius 1 is 1.03 bits per heavy atom. The Morgan fingerprint density at radius 3 is 2.26 bits per heavy atom. The molecule has 1 aromatic carbocycles. The fourth-order valence-corrected chi connectivity index (χ4v) is 4.59. The van der Waals surface area contributed by atoms with Crippen LogP contribution in [0.25, 0.3) is 0 Å². The summed E-state index contributed by atoms with van der Waals surface area (Å²) in [5.41, 5.74) is 8.53. The number of nitrogens with two attached hydrogens (primary N) is 1. The highest BCUT2D eigenvalue weighted by Crippen LogP contribution is 2.30. The lowest BCUT2D eigenvalue weighted by molar-refractivity contribution is 0.0995.